The predicted molar refractivity (Wildman–Crippen MR) is 58.7 cm³/mol. The zero-order chi connectivity index (χ0) is 13.5. The second kappa shape index (κ2) is 6.85. The van der Waals surface area contributed by atoms with Crippen molar-refractivity contribution in [2.24, 2.45) is 0 Å². The summed E-state index contributed by atoms with van der Waals surface area (Å²) in [6.07, 6.45) is -2.54. The molecule has 0 saturated carbocycles. The van der Waals surface area contributed by atoms with Gasteiger partial charge in [-0.15, -0.1) is 0 Å². The van der Waals surface area contributed by atoms with Crippen molar-refractivity contribution < 1.29 is 27.8 Å². The molecular formula is C11H12F3NO3. The zero-order valence-corrected chi connectivity index (χ0v) is 9.33. The molecule has 0 spiro atoms. The molecule has 7 heteroatoms. The van der Waals surface area contributed by atoms with Crippen molar-refractivity contribution in [1.82, 2.24) is 0 Å². The highest BCUT2D eigenvalue weighted by atomic mass is 19.3. The monoisotopic (exact) mass is 263 g/mol. The Hall–Kier alpha value is -1.76. The summed E-state index contributed by atoms with van der Waals surface area (Å²) < 4.78 is 40.9. The standard InChI is InChI=1S/C11H12F3NO3/c12-7-1-2-9(8(5-7)11(16)17)15-3-4-18-6-10(13)14/h1-2,5,10,15H,3-4,6H2,(H,16,17). The Morgan fingerprint density at radius 1 is 1.44 bits per heavy atom. The first-order valence-corrected chi connectivity index (χ1v) is 5.13. The number of ether oxygens (including phenoxy) is 1. The van der Waals surface area contributed by atoms with Gasteiger partial charge in [0.25, 0.3) is 6.43 Å². The van der Waals surface area contributed by atoms with Crippen LogP contribution in [0.3, 0.4) is 0 Å². The van der Waals surface area contributed by atoms with Gasteiger partial charge in [-0.25, -0.2) is 18.0 Å². The molecule has 1 aromatic carbocycles. The highest BCUT2D eigenvalue weighted by Crippen LogP contribution is 2.16. The van der Waals surface area contributed by atoms with Crippen LogP contribution in [0, 0.1) is 5.82 Å². The summed E-state index contributed by atoms with van der Waals surface area (Å²) in [5.74, 6) is -1.93. The Labute approximate surface area is 101 Å². The van der Waals surface area contributed by atoms with Gasteiger partial charge in [-0.1, -0.05) is 0 Å². The number of benzene rings is 1. The van der Waals surface area contributed by atoms with Crippen LogP contribution in [0.1, 0.15) is 10.4 Å². The van der Waals surface area contributed by atoms with Crippen LogP contribution in [-0.4, -0.2) is 37.3 Å². The fourth-order valence-corrected chi connectivity index (χ4v) is 1.28. The van der Waals surface area contributed by atoms with Crippen molar-refractivity contribution in [2.75, 3.05) is 25.1 Å². The van der Waals surface area contributed by atoms with Gasteiger partial charge in [0.15, 0.2) is 0 Å². The predicted octanol–water partition coefficient (Wildman–Crippen LogP) is 2.22. The molecule has 0 saturated heterocycles. The number of aromatic carboxylic acids is 1. The molecule has 0 fully saturated rings. The zero-order valence-electron chi connectivity index (χ0n) is 9.33. The summed E-state index contributed by atoms with van der Waals surface area (Å²) in [6, 6.07) is 3.26. The fraction of sp³-hybridized carbons (Fsp3) is 0.364. The maximum absolute atomic E-state index is 12.8. The number of carboxylic acids is 1. The smallest absolute Gasteiger partial charge is 0.337 e. The van der Waals surface area contributed by atoms with Gasteiger partial charge in [-0.05, 0) is 18.2 Å². The van der Waals surface area contributed by atoms with Gasteiger partial charge in [-0.3, -0.25) is 0 Å². The molecule has 4 nitrogen and oxygen atoms in total. The molecule has 0 aliphatic rings. The summed E-state index contributed by atoms with van der Waals surface area (Å²) in [5.41, 5.74) is -0.00611. The lowest BCUT2D eigenvalue weighted by molar-refractivity contribution is 0.0215. The molecule has 0 aliphatic heterocycles. The van der Waals surface area contributed by atoms with E-state index in [4.69, 9.17) is 5.11 Å². The normalized spacial score (nSPS) is 10.7. The first kappa shape index (κ1) is 14.3. The minimum atomic E-state index is -2.54. The van der Waals surface area contributed by atoms with E-state index in [1.54, 1.807) is 0 Å². The van der Waals surface area contributed by atoms with Crippen molar-refractivity contribution in [1.29, 1.82) is 0 Å². The lowest BCUT2D eigenvalue weighted by atomic mass is 10.1. The number of hydrogen-bond acceptors (Lipinski definition) is 3. The molecule has 0 bridgehead atoms. The van der Waals surface area contributed by atoms with E-state index in [0.717, 1.165) is 12.1 Å². The fourth-order valence-electron chi connectivity index (χ4n) is 1.28. The van der Waals surface area contributed by atoms with Crippen molar-refractivity contribution in [3.8, 4) is 0 Å². The van der Waals surface area contributed by atoms with Crippen LogP contribution in [0.5, 0.6) is 0 Å². The Bertz CT molecular complexity index is 413. The van der Waals surface area contributed by atoms with Gasteiger partial charge in [0.1, 0.15) is 12.4 Å². The molecule has 0 heterocycles. The third-order valence-electron chi connectivity index (χ3n) is 2.02. The minimum Gasteiger partial charge on any atom is -0.478 e. The van der Waals surface area contributed by atoms with Gasteiger partial charge >= 0.3 is 5.97 Å². The Kier molecular flexibility index (Phi) is 5.44. The van der Waals surface area contributed by atoms with E-state index in [1.165, 1.54) is 6.07 Å². The van der Waals surface area contributed by atoms with E-state index < -0.39 is 24.8 Å². The van der Waals surface area contributed by atoms with Crippen LogP contribution >= 0.6 is 0 Å². The lowest BCUT2D eigenvalue weighted by Gasteiger charge is -2.09. The number of carboxylic acid groups (broad SMARTS) is 1. The average Bonchev–Trinajstić information content (AvgIpc) is 2.29. The van der Waals surface area contributed by atoms with Crippen LogP contribution in [0.4, 0.5) is 18.9 Å². The topological polar surface area (TPSA) is 58.6 Å². The van der Waals surface area contributed by atoms with Crippen molar-refractivity contribution in [3.05, 3.63) is 29.6 Å². The summed E-state index contributed by atoms with van der Waals surface area (Å²) >= 11 is 0. The van der Waals surface area contributed by atoms with Crippen molar-refractivity contribution in [3.63, 3.8) is 0 Å². The Balaban J connectivity index is 2.49. The van der Waals surface area contributed by atoms with Gasteiger partial charge in [-0.2, -0.15) is 0 Å². The van der Waals surface area contributed by atoms with Gasteiger partial charge in [0, 0.05) is 12.2 Å². The van der Waals surface area contributed by atoms with Crippen LogP contribution in [0.15, 0.2) is 18.2 Å². The lowest BCUT2D eigenvalue weighted by Crippen LogP contribution is -2.15. The summed E-state index contributed by atoms with van der Waals surface area (Å²) in [5, 5.41) is 11.5. The SMILES string of the molecule is O=C(O)c1cc(F)ccc1NCCOCC(F)F. The number of alkyl halides is 2. The molecule has 0 amide bonds. The van der Waals surface area contributed by atoms with Gasteiger partial charge in [0.2, 0.25) is 0 Å². The molecule has 0 aliphatic carbocycles. The van der Waals surface area contributed by atoms with E-state index in [1.807, 2.05) is 0 Å². The molecule has 100 valence electrons. The van der Waals surface area contributed by atoms with Gasteiger partial charge in [0.05, 0.1) is 12.2 Å². The maximum atomic E-state index is 12.8. The number of hydrogen-bond donors (Lipinski definition) is 2. The Morgan fingerprint density at radius 3 is 2.78 bits per heavy atom. The largest absolute Gasteiger partial charge is 0.478 e. The molecule has 0 unspecified atom stereocenters. The van der Waals surface area contributed by atoms with E-state index in [0.29, 0.717) is 0 Å². The van der Waals surface area contributed by atoms with E-state index in [9.17, 15) is 18.0 Å². The highest BCUT2D eigenvalue weighted by Gasteiger charge is 2.10. The first-order valence-electron chi connectivity index (χ1n) is 5.13. The van der Waals surface area contributed by atoms with E-state index in [-0.39, 0.29) is 24.4 Å². The molecule has 1 aromatic rings. The number of carbonyl (C=O) groups is 1. The maximum Gasteiger partial charge on any atom is 0.337 e. The summed E-state index contributed by atoms with van der Waals surface area (Å²) in [6.45, 7) is -0.518. The highest BCUT2D eigenvalue weighted by molar-refractivity contribution is 5.94. The molecule has 0 aromatic heterocycles. The molecule has 0 radical (unpaired) electrons. The third kappa shape index (κ3) is 4.62. The second-order valence-corrected chi connectivity index (χ2v) is 3.39. The van der Waals surface area contributed by atoms with E-state index >= 15 is 0 Å². The third-order valence-corrected chi connectivity index (χ3v) is 2.02. The van der Waals surface area contributed by atoms with Crippen molar-refractivity contribution in [2.45, 2.75) is 6.43 Å². The molecule has 2 N–H and O–H groups in total. The van der Waals surface area contributed by atoms with Crippen LogP contribution in [-0.2, 0) is 4.74 Å². The van der Waals surface area contributed by atoms with Crippen molar-refractivity contribution >= 4 is 11.7 Å². The first-order chi connectivity index (χ1) is 8.50. The van der Waals surface area contributed by atoms with Crippen LogP contribution < -0.4 is 5.32 Å². The molecule has 18 heavy (non-hydrogen) atoms. The number of anilines is 1. The molecular weight excluding hydrogens is 251 g/mol. The molecule has 0 atom stereocenters. The van der Waals surface area contributed by atoms with Crippen LogP contribution in [0.2, 0.25) is 0 Å². The minimum absolute atomic E-state index is 0.000769. The molecule has 1 rings (SSSR count). The van der Waals surface area contributed by atoms with E-state index in [2.05, 4.69) is 10.1 Å². The Morgan fingerprint density at radius 2 is 2.17 bits per heavy atom. The summed E-state index contributed by atoms with van der Waals surface area (Å²) in [7, 11) is 0. The summed E-state index contributed by atoms with van der Waals surface area (Å²) in [4.78, 5) is 10.8. The van der Waals surface area contributed by atoms with Crippen LogP contribution in [0.25, 0.3) is 0 Å². The average molecular weight is 263 g/mol. The quantitative estimate of drug-likeness (QED) is 0.740. The number of rotatable bonds is 7. The van der Waals surface area contributed by atoms with Gasteiger partial charge < -0.3 is 15.2 Å². The number of nitrogens with one attached hydrogen (secondary N) is 1. The number of halogens is 3. The second-order valence-electron chi connectivity index (χ2n) is 3.39.